The second kappa shape index (κ2) is 32.5. The highest BCUT2D eigenvalue weighted by Crippen LogP contribution is 2.26. The number of amides is 1. The van der Waals surface area contributed by atoms with Crippen LogP contribution in [0.4, 0.5) is 0 Å². The van der Waals surface area contributed by atoms with Gasteiger partial charge >= 0.3 is 10.4 Å². The van der Waals surface area contributed by atoms with Crippen molar-refractivity contribution in [3.8, 4) is 0 Å². The third-order valence-electron chi connectivity index (χ3n) is 10.1. The molecule has 1 saturated heterocycles. The van der Waals surface area contributed by atoms with E-state index in [1.54, 1.807) is 0 Å². The van der Waals surface area contributed by atoms with Crippen molar-refractivity contribution in [2.45, 2.75) is 217 Å². The van der Waals surface area contributed by atoms with Crippen LogP contribution in [0.1, 0.15) is 168 Å². The predicted molar refractivity (Wildman–Crippen MR) is 215 cm³/mol. The Morgan fingerprint density at radius 1 is 0.745 bits per heavy atom. The molecule has 1 rings (SSSR count). The first kappa shape index (κ1) is 51.6. The summed E-state index contributed by atoms with van der Waals surface area (Å²) in [5, 5.41) is 54.9. The van der Waals surface area contributed by atoms with Gasteiger partial charge in [-0.25, -0.2) is 4.18 Å². The summed E-state index contributed by atoms with van der Waals surface area (Å²) in [4.78, 5) is 13.0. The van der Waals surface area contributed by atoms with E-state index in [-0.39, 0.29) is 6.42 Å². The Labute approximate surface area is 332 Å². The summed E-state index contributed by atoms with van der Waals surface area (Å²) < 4.78 is 47.2. The van der Waals surface area contributed by atoms with Crippen molar-refractivity contribution >= 4 is 16.3 Å². The third-order valence-corrected chi connectivity index (χ3v) is 10.6. The molecule has 0 spiro atoms. The van der Waals surface area contributed by atoms with Crippen LogP contribution in [-0.4, -0.2) is 107 Å². The molecule has 0 aliphatic carbocycles. The molecule has 14 heteroatoms. The van der Waals surface area contributed by atoms with Crippen molar-refractivity contribution in [3.05, 3.63) is 24.3 Å². The zero-order chi connectivity index (χ0) is 40.7. The number of ether oxygens (including phenoxy) is 2. The van der Waals surface area contributed by atoms with Gasteiger partial charge in [0.2, 0.25) is 5.91 Å². The molecule has 13 nitrogen and oxygen atoms in total. The minimum atomic E-state index is -5.10. The second-order valence-corrected chi connectivity index (χ2v) is 16.1. The molecule has 1 aliphatic heterocycles. The number of hydrogen-bond acceptors (Lipinski definition) is 11. The van der Waals surface area contributed by atoms with Gasteiger partial charge in [0.15, 0.2) is 6.29 Å². The van der Waals surface area contributed by atoms with Crippen LogP contribution >= 0.6 is 0 Å². The maximum atomic E-state index is 13.0. The summed E-state index contributed by atoms with van der Waals surface area (Å²) in [5.74, 6) is -0.677. The smallest absolute Gasteiger partial charge is 0.394 e. The Kier molecular flexibility index (Phi) is 30.5. The molecule has 0 saturated carbocycles. The highest BCUT2D eigenvalue weighted by atomic mass is 32.3. The van der Waals surface area contributed by atoms with Gasteiger partial charge in [-0.2, -0.15) is 8.42 Å². The molecule has 0 aromatic carbocycles. The number of rotatable bonds is 35. The molecule has 324 valence electrons. The zero-order valence-electron chi connectivity index (χ0n) is 33.9. The van der Waals surface area contributed by atoms with E-state index in [0.29, 0.717) is 19.3 Å². The van der Waals surface area contributed by atoms with Crippen molar-refractivity contribution in [1.82, 2.24) is 5.32 Å². The highest BCUT2D eigenvalue weighted by molar-refractivity contribution is 7.80. The highest BCUT2D eigenvalue weighted by Gasteiger charge is 2.48. The first-order valence-corrected chi connectivity index (χ1v) is 22.7. The van der Waals surface area contributed by atoms with Crippen LogP contribution in [0.2, 0.25) is 0 Å². The zero-order valence-corrected chi connectivity index (χ0v) is 34.7. The molecular weight excluding hydrogens is 731 g/mol. The first-order valence-electron chi connectivity index (χ1n) is 21.3. The lowest BCUT2D eigenvalue weighted by atomic mass is 9.99. The Bertz CT molecular complexity index is 1110. The molecule has 55 heavy (non-hydrogen) atoms. The van der Waals surface area contributed by atoms with Gasteiger partial charge in [0, 0.05) is 0 Å². The molecule has 8 atom stereocenters. The molecule has 1 amide bonds. The van der Waals surface area contributed by atoms with Gasteiger partial charge in [0.1, 0.15) is 30.5 Å². The van der Waals surface area contributed by atoms with Gasteiger partial charge in [-0.05, 0) is 38.5 Å². The molecule has 0 bridgehead atoms. The Morgan fingerprint density at radius 2 is 1.27 bits per heavy atom. The summed E-state index contributed by atoms with van der Waals surface area (Å²) in [5.41, 5.74) is 0. The summed E-state index contributed by atoms with van der Waals surface area (Å²) in [6, 6.07) is -1.03. The van der Waals surface area contributed by atoms with E-state index in [2.05, 4.69) is 47.7 Å². The van der Waals surface area contributed by atoms with Gasteiger partial charge in [-0.1, -0.05) is 154 Å². The van der Waals surface area contributed by atoms with Crippen LogP contribution in [0.5, 0.6) is 0 Å². The average molecular weight is 808 g/mol. The number of hydrogen-bond donors (Lipinski definition) is 7. The predicted octanol–water partition coefficient (Wildman–Crippen LogP) is 6.35. The lowest BCUT2D eigenvalue weighted by Crippen LogP contribution is -2.61. The minimum absolute atomic E-state index is 0.259. The number of nitrogens with one attached hydrogen (secondary N) is 1. The number of allylic oxidation sites excluding steroid dienone is 4. The molecule has 1 fully saturated rings. The fourth-order valence-electron chi connectivity index (χ4n) is 6.74. The number of carbonyl (C=O) groups is 1. The Morgan fingerprint density at radius 3 is 1.82 bits per heavy atom. The average Bonchev–Trinajstić information content (AvgIpc) is 3.15. The van der Waals surface area contributed by atoms with Crippen molar-refractivity contribution < 1.29 is 57.0 Å². The van der Waals surface area contributed by atoms with Gasteiger partial charge < -0.3 is 40.3 Å². The van der Waals surface area contributed by atoms with Crippen LogP contribution in [0.3, 0.4) is 0 Å². The van der Waals surface area contributed by atoms with E-state index in [1.165, 1.54) is 64.2 Å². The van der Waals surface area contributed by atoms with E-state index >= 15 is 0 Å². The monoisotopic (exact) mass is 808 g/mol. The Balaban J connectivity index is 2.43. The van der Waals surface area contributed by atoms with Crippen LogP contribution in [0.15, 0.2) is 24.3 Å². The number of aliphatic hydroxyl groups is 5. The summed E-state index contributed by atoms with van der Waals surface area (Å²) in [6.07, 6.45) is 22.8. The van der Waals surface area contributed by atoms with Crippen molar-refractivity contribution in [2.24, 2.45) is 0 Å². The molecule has 0 radical (unpaired) electrons. The topological polar surface area (TPSA) is 212 Å². The van der Waals surface area contributed by atoms with Gasteiger partial charge in [-0.15, -0.1) is 0 Å². The standard InChI is InChI=1S/C41H77NO12S/c1-3-5-7-9-11-12-13-14-15-16-17-18-19-20-21-22-23-24-26-28-30-35(45)40(48)42-33(34(44)29-27-25-10-8-6-4-2)32-52-41-38(47)39(54-55(49,50)51)37(46)36(31-43)53-41/h5,7,11-12,33-39,41,43-47H,3-4,6,8-10,13-32H2,1-2H3,(H,42,48)(H,49,50,51)/b7-5-,12-11-. The van der Waals surface area contributed by atoms with Crippen molar-refractivity contribution in [1.29, 1.82) is 0 Å². The molecule has 0 aromatic heterocycles. The molecule has 1 aliphatic rings. The van der Waals surface area contributed by atoms with Crippen molar-refractivity contribution in [3.63, 3.8) is 0 Å². The maximum absolute atomic E-state index is 13.0. The lowest BCUT2D eigenvalue weighted by Gasteiger charge is -2.41. The Hall–Kier alpha value is -1.46. The van der Waals surface area contributed by atoms with E-state index < -0.39 is 78.5 Å². The summed E-state index contributed by atoms with van der Waals surface area (Å²) >= 11 is 0. The summed E-state index contributed by atoms with van der Waals surface area (Å²) in [6.45, 7) is 3.07. The van der Waals surface area contributed by atoms with Gasteiger partial charge in [-0.3, -0.25) is 9.35 Å². The molecular formula is C41H77NO12S. The van der Waals surface area contributed by atoms with E-state index in [4.69, 9.17) is 14.0 Å². The largest absolute Gasteiger partial charge is 0.397 e. The third kappa shape index (κ3) is 25.5. The summed E-state index contributed by atoms with van der Waals surface area (Å²) in [7, 11) is -5.10. The number of carbonyl (C=O) groups excluding carboxylic acids is 1. The fraction of sp³-hybridized carbons (Fsp3) is 0.878. The van der Waals surface area contributed by atoms with Crippen LogP contribution < -0.4 is 5.32 Å². The maximum Gasteiger partial charge on any atom is 0.397 e. The fourth-order valence-corrected chi connectivity index (χ4v) is 7.25. The molecule has 7 N–H and O–H groups in total. The molecule has 0 aromatic rings. The quantitative estimate of drug-likeness (QED) is 0.0212. The van der Waals surface area contributed by atoms with Gasteiger partial charge in [0.05, 0.1) is 25.4 Å². The van der Waals surface area contributed by atoms with E-state index in [9.17, 15) is 38.7 Å². The van der Waals surface area contributed by atoms with Crippen LogP contribution in [0, 0.1) is 0 Å². The van der Waals surface area contributed by atoms with E-state index in [1.807, 2.05) is 0 Å². The van der Waals surface area contributed by atoms with E-state index in [0.717, 1.165) is 64.2 Å². The van der Waals surface area contributed by atoms with Crippen molar-refractivity contribution in [2.75, 3.05) is 13.2 Å². The number of aliphatic hydroxyl groups excluding tert-OH is 5. The molecule has 8 unspecified atom stereocenters. The SMILES string of the molecule is CC/C=C\C/C=C\CCCCCCCCCCCCCCCC(O)C(=O)NC(COC1OC(CO)C(O)C(OS(=O)(=O)O)C1O)C(O)CCCCCCCC. The van der Waals surface area contributed by atoms with Crippen LogP contribution in [-0.2, 0) is 28.9 Å². The minimum Gasteiger partial charge on any atom is -0.394 e. The van der Waals surface area contributed by atoms with Crippen LogP contribution in [0.25, 0.3) is 0 Å². The molecule has 1 heterocycles. The second-order valence-electron chi connectivity index (χ2n) is 15.0. The normalized spacial score (nSPS) is 22.4. The van der Waals surface area contributed by atoms with Gasteiger partial charge in [0.25, 0.3) is 0 Å². The number of unbranched alkanes of at least 4 members (excludes halogenated alkanes) is 18. The lowest BCUT2D eigenvalue weighted by molar-refractivity contribution is -0.298. The first-order chi connectivity index (χ1) is 26.4.